The van der Waals surface area contributed by atoms with Crippen LogP contribution in [0.15, 0.2) is 12.3 Å². The third-order valence-corrected chi connectivity index (χ3v) is 2.44. The van der Waals surface area contributed by atoms with Gasteiger partial charge in [-0.3, -0.25) is 5.32 Å². The molecule has 6 heteroatoms. The number of nitrogens with one attached hydrogen (secondary N) is 1. The van der Waals surface area contributed by atoms with Gasteiger partial charge < -0.3 is 15.2 Å². The summed E-state index contributed by atoms with van der Waals surface area (Å²) in [5, 5.41) is 2.58. The second-order valence-electron chi connectivity index (χ2n) is 5.40. The van der Waals surface area contributed by atoms with Crippen molar-refractivity contribution in [2.75, 3.05) is 19.0 Å². The minimum Gasteiger partial charge on any atom is -0.496 e. The molecule has 0 saturated heterocycles. The molecule has 0 unspecified atom stereocenters. The summed E-state index contributed by atoms with van der Waals surface area (Å²) in [5.41, 5.74) is 5.91. The molecule has 0 radical (unpaired) electrons. The molecule has 1 aromatic heterocycles. The van der Waals surface area contributed by atoms with Gasteiger partial charge >= 0.3 is 6.09 Å². The van der Waals surface area contributed by atoms with E-state index in [0.29, 0.717) is 18.1 Å². The van der Waals surface area contributed by atoms with E-state index in [-0.39, 0.29) is 0 Å². The van der Waals surface area contributed by atoms with Crippen LogP contribution >= 0.6 is 0 Å². The molecule has 0 aliphatic rings. The smallest absolute Gasteiger partial charge is 0.413 e. The number of hydrogen-bond acceptors (Lipinski definition) is 5. The van der Waals surface area contributed by atoms with E-state index in [1.807, 2.05) is 0 Å². The van der Waals surface area contributed by atoms with Gasteiger partial charge in [-0.15, -0.1) is 0 Å². The number of aryl methyl sites for hydroxylation is 1. The van der Waals surface area contributed by atoms with E-state index < -0.39 is 11.7 Å². The van der Waals surface area contributed by atoms with Crippen molar-refractivity contribution in [1.82, 2.24) is 4.98 Å². The lowest BCUT2D eigenvalue weighted by Crippen LogP contribution is -2.27. The zero-order valence-electron chi connectivity index (χ0n) is 12.5. The number of carbonyl (C=O) groups excluding carboxylic acids is 1. The Kier molecular flexibility index (Phi) is 5.76. The minimum absolute atomic E-state index is 0.396. The maximum atomic E-state index is 11.7. The molecule has 0 aliphatic carbocycles. The van der Waals surface area contributed by atoms with Crippen molar-refractivity contribution in [3.8, 4) is 5.75 Å². The molecular weight excluding hydrogens is 258 g/mol. The van der Waals surface area contributed by atoms with E-state index in [1.54, 1.807) is 40.1 Å². The Balaban J connectivity index is 2.75. The van der Waals surface area contributed by atoms with Crippen molar-refractivity contribution in [1.29, 1.82) is 0 Å². The molecule has 1 rings (SSSR count). The van der Waals surface area contributed by atoms with E-state index >= 15 is 0 Å². The van der Waals surface area contributed by atoms with Crippen LogP contribution in [0.2, 0.25) is 0 Å². The van der Waals surface area contributed by atoms with Gasteiger partial charge in [0.05, 0.1) is 7.11 Å². The van der Waals surface area contributed by atoms with Gasteiger partial charge in [-0.2, -0.15) is 0 Å². The highest BCUT2D eigenvalue weighted by atomic mass is 16.6. The Morgan fingerprint density at radius 2 is 2.15 bits per heavy atom. The highest BCUT2D eigenvalue weighted by Crippen LogP contribution is 2.22. The van der Waals surface area contributed by atoms with Crippen molar-refractivity contribution in [2.45, 2.75) is 39.2 Å². The molecule has 1 aromatic rings. The molecule has 0 aromatic carbocycles. The molecule has 0 bridgehead atoms. The Bertz CT molecular complexity index is 455. The van der Waals surface area contributed by atoms with Gasteiger partial charge in [-0.25, -0.2) is 9.78 Å². The summed E-state index contributed by atoms with van der Waals surface area (Å²) >= 11 is 0. The second-order valence-corrected chi connectivity index (χ2v) is 5.40. The Morgan fingerprint density at radius 3 is 2.70 bits per heavy atom. The van der Waals surface area contributed by atoms with Crippen LogP contribution in [0.4, 0.5) is 10.6 Å². The first-order valence-electron chi connectivity index (χ1n) is 6.58. The van der Waals surface area contributed by atoms with Gasteiger partial charge in [0.25, 0.3) is 0 Å². The molecular formula is C14H23N3O3. The zero-order valence-corrected chi connectivity index (χ0v) is 12.5. The van der Waals surface area contributed by atoms with Crippen LogP contribution in [0, 0.1) is 0 Å². The topological polar surface area (TPSA) is 86.5 Å². The highest BCUT2D eigenvalue weighted by Gasteiger charge is 2.17. The van der Waals surface area contributed by atoms with Crippen LogP contribution in [0.25, 0.3) is 0 Å². The van der Waals surface area contributed by atoms with Gasteiger partial charge in [0.15, 0.2) is 0 Å². The standard InChI is InChI=1S/C14H23N3O3/c1-14(2,3)20-13(18)17-12-8-11(19-4)10(9-16-12)6-5-7-15/h8-9H,5-7,15H2,1-4H3,(H,16,17,18). The number of rotatable bonds is 5. The number of carbonyl (C=O) groups is 1. The second kappa shape index (κ2) is 7.09. The van der Waals surface area contributed by atoms with E-state index in [2.05, 4.69) is 10.3 Å². The Labute approximate surface area is 119 Å². The first-order chi connectivity index (χ1) is 9.35. The fourth-order valence-electron chi connectivity index (χ4n) is 1.61. The lowest BCUT2D eigenvalue weighted by Gasteiger charge is -2.19. The van der Waals surface area contributed by atoms with E-state index in [0.717, 1.165) is 18.4 Å². The lowest BCUT2D eigenvalue weighted by molar-refractivity contribution is 0.0635. The predicted octanol–water partition coefficient (Wildman–Crippen LogP) is 2.33. The number of nitrogens with zero attached hydrogens (tertiary/aromatic N) is 1. The monoisotopic (exact) mass is 281 g/mol. The largest absolute Gasteiger partial charge is 0.496 e. The predicted molar refractivity (Wildman–Crippen MR) is 78.0 cm³/mol. The van der Waals surface area contributed by atoms with E-state index in [9.17, 15) is 4.79 Å². The van der Waals surface area contributed by atoms with Gasteiger partial charge in [-0.1, -0.05) is 0 Å². The maximum absolute atomic E-state index is 11.7. The molecule has 3 N–H and O–H groups in total. The fourth-order valence-corrected chi connectivity index (χ4v) is 1.61. The van der Waals surface area contributed by atoms with Crippen molar-refractivity contribution in [2.24, 2.45) is 5.73 Å². The van der Waals surface area contributed by atoms with Crippen LogP contribution in [-0.2, 0) is 11.2 Å². The van der Waals surface area contributed by atoms with Crippen LogP contribution in [-0.4, -0.2) is 30.3 Å². The number of ether oxygens (including phenoxy) is 2. The molecule has 6 nitrogen and oxygen atoms in total. The maximum Gasteiger partial charge on any atom is 0.413 e. The molecule has 1 amide bonds. The number of anilines is 1. The Morgan fingerprint density at radius 1 is 1.45 bits per heavy atom. The molecule has 0 fully saturated rings. The van der Waals surface area contributed by atoms with Crippen molar-refractivity contribution < 1.29 is 14.3 Å². The summed E-state index contributed by atoms with van der Waals surface area (Å²) in [6.07, 6.45) is 2.79. The van der Waals surface area contributed by atoms with Crippen LogP contribution in [0.3, 0.4) is 0 Å². The normalized spacial score (nSPS) is 11.1. The highest BCUT2D eigenvalue weighted by molar-refractivity contribution is 5.83. The quantitative estimate of drug-likeness (QED) is 0.865. The summed E-state index contributed by atoms with van der Waals surface area (Å²) in [5.74, 6) is 1.08. The molecule has 0 atom stereocenters. The van der Waals surface area contributed by atoms with Crippen molar-refractivity contribution >= 4 is 11.9 Å². The third kappa shape index (κ3) is 5.44. The first kappa shape index (κ1) is 16.2. The SMILES string of the molecule is COc1cc(NC(=O)OC(C)(C)C)ncc1CCCN. The number of nitrogens with two attached hydrogens (primary N) is 1. The molecule has 0 saturated carbocycles. The van der Waals surface area contributed by atoms with Gasteiger partial charge in [0.2, 0.25) is 0 Å². The zero-order chi connectivity index (χ0) is 15.2. The number of hydrogen-bond donors (Lipinski definition) is 2. The van der Waals surface area contributed by atoms with E-state index in [1.165, 1.54) is 0 Å². The number of aromatic nitrogens is 1. The van der Waals surface area contributed by atoms with Crippen LogP contribution in [0.5, 0.6) is 5.75 Å². The molecule has 20 heavy (non-hydrogen) atoms. The van der Waals surface area contributed by atoms with Crippen LogP contribution < -0.4 is 15.8 Å². The summed E-state index contributed by atoms with van der Waals surface area (Å²) in [4.78, 5) is 15.8. The summed E-state index contributed by atoms with van der Waals surface area (Å²) in [6.45, 7) is 6.02. The summed E-state index contributed by atoms with van der Waals surface area (Å²) in [7, 11) is 1.58. The minimum atomic E-state index is -0.546. The average molecular weight is 281 g/mol. The van der Waals surface area contributed by atoms with Gasteiger partial charge in [0.1, 0.15) is 17.2 Å². The molecule has 0 aliphatic heterocycles. The molecule has 0 spiro atoms. The molecule has 1 heterocycles. The lowest BCUT2D eigenvalue weighted by atomic mass is 10.1. The van der Waals surface area contributed by atoms with Crippen LogP contribution in [0.1, 0.15) is 32.8 Å². The summed E-state index contributed by atoms with van der Waals surface area (Å²) < 4.78 is 10.5. The average Bonchev–Trinajstić information content (AvgIpc) is 2.34. The van der Waals surface area contributed by atoms with Crippen molar-refractivity contribution in [3.05, 3.63) is 17.8 Å². The first-order valence-corrected chi connectivity index (χ1v) is 6.58. The third-order valence-electron chi connectivity index (χ3n) is 2.44. The van der Waals surface area contributed by atoms with Gasteiger partial charge in [-0.05, 0) is 40.2 Å². The number of amides is 1. The number of methoxy groups -OCH3 is 1. The number of pyridine rings is 1. The van der Waals surface area contributed by atoms with Gasteiger partial charge in [0, 0.05) is 17.8 Å². The summed E-state index contributed by atoms with van der Waals surface area (Å²) in [6, 6.07) is 1.68. The van der Waals surface area contributed by atoms with E-state index in [4.69, 9.17) is 15.2 Å². The molecule has 112 valence electrons. The fraction of sp³-hybridized carbons (Fsp3) is 0.571. The Hall–Kier alpha value is -1.82. The van der Waals surface area contributed by atoms with Crippen molar-refractivity contribution in [3.63, 3.8) is 0 Å².